The van der Waals surface area contributed by atoms with Crippen molar-refractivity contribution in [1.82, 2.24) is 9.80 Å². The maximum atomic E-state index is 13.4. The molecule has 0 aliphatic carbocycles. The lowest BCUT2D eigenvalue weighted by Gasteiger charge is -2.38. The number of hydrogen-bond donors (Lipinski definition) is 2. The molecule has 2 aromatic rings. The number of para-hydroxylation sites is 1. The molecule has 1 heterocycles. The summed E-state index contributed by atoms with van der Waals surface area (Å²) < 4.78 is 38.1. The van der Waals surface area contributed by atoms with Crippen LogP contribution in [0.4, 0.5) is 5.69 Å². The molecule has 1 aliphatic heterocycles. The van der Waals surface area contributed by atoms with Gasteiger partial charge in [0.1, 0.15) is 11.9 Å². The summed E-state index contributed by atoms with van der Waals surface area (Å²) >= 11 is 0. The average molecular weight is 506 g/mol. The van der Waals surface area contributed by atoms with Crippen LogP contribution in [0.15, 0.2) is 42.5 Å². The van der Waals surface area contributed by atoms with Gasteiger partial charge in [0.2, 0.25) is 10.0 Å². The minimum Gasteiger partial charge on any atom is -0.497 e. The van der Waals surface area contributed by atoms with E-state index in [9.17, 15) is 18.3 Å². The van der Waals surface area contributed by atoms with Crippen molar-refractivity contribution in [3.8, 4) is 11.5 Å². The number of nitrogens with one attached hydrogen (secondary N) is 1. The summed E-state index contributed by atoms with van der Waals surface area (Å²) in [5.74, 6) is 0.590. The van der Waals surface area contributed by atoms with Gasteiger partial charge >= 0.3 is 0 Å². The number of aliphatic hydroxyl groups excluding tert-OH is 1. The number of rotatable bonds is 9. The third-order valence-corrected chi connectivity index (χ3v) is 6.68. The van der Waals surface area contributed by atoms with Gasteiger partial charge in [0.15, 0.2) is 5.75 Å². The second-order valence-electron chi connectivity index (χ2n) is 9.22. The van der Waals surface area contributed by atoms with Gasteiger partial charge in [0.25, 0.3) is 5.91 Å². The number of fused-ring (bicyclic) bond motifs is 1. The van der Waals surface area contributed by atoms with Crippen molar-refractivity contribution >= 4 is 21.6 Å². The molecule has 0 radical (unpaired) electrons. The predicted octanol–water partition coefficient (Wildman–Crippen LogP) is 2.42. The highest BCUT2D eigenvalue weighted by molar-refractivity contribution is 7.92. The Morgan fingerprint density at radius 2 is 1.94 bits per heavy atom. The van der Waals surface area contributed by atoms with Crippen LogP contribution in [0.3, 0.4) is 0 Å². The average Bonchev–Trinajstić information content (AvgIpc) is 2.80. The lowest BCUT2D eigenvalue weighted by Crippen LogP contribution is -2.49. The van der Waals surface area contributed by atoms with Crippen LogP contribution < -0.4 is 14.2 Å². The second-order valence-corrected chi connectivity index (χ2v) is 11.0. The van der Waals surface area contributed by atoms with Gasteiger partial charge in [0, 0.05) is 25.6 Å². The monoisotopic (exact) mass is 505 g/mol. The standard InChI is InChI=1S/C25H35N3O6S/c1-17-13-28(18(2)16-29)25(30)21-7-6-8-22(26-35(5,31)32)24(21)34-23(17)15-27(3)14-19-9-11-20(33-4)12-10-19/h6-12,17-18,23,26,29H,13-16H2,1-5H3/t17-,18-,23-/m1/s1. The van der Waals surface area contributed by atoms with Gasteiger partial charge in [-0.2, -0.15) is 0 Å². The first-order valence-corrected chi connectivity index (χ1v) is 13.4. The van der Waals surface area contributed by atoms with Crippen molar-refractivity contribution in [2.75, 3.05) is 44.8 Å². The summed E-state index contributed by atoms with van der Waals surface area (Å²) in [5, 5.41) is 9.79. The van der Waals surface area contributed by atoms with Gasteiger partial charge in [0.05, 0.1) is 37.3 Å². The topological polar surface area (TPSA) is 108 Å². The van der Waals surface area contributed by atoms with Crippen molar-refractivity contribution in [3.05, 3.63) is 53.6 Å². The van der Waals surface area contributed by atoms with Crippen molar-refractivity contribution in [3.63, 3.8) is 0 Å². The molecule has 0 unspecified atom stereocenters. The number of nitrogens with zero attached hydrogens (tertiary/aromatic N) is 2. The van der Waals surface area contributed by atoms with E-state index in [1.807, 2.05) is 38.2 Å². The van der Waals surface area contributed by atoms with E-state index in [1.165, 1.54) is 0 Å². The Morgan fingerprint density at radius 1 is 1.26 bits per heavy atom. The van der Waals surface area contributed by atoms with E-state index in [1.54, 1.807) is 37.1 Å². The molecule has 1 amide bonds. The van der Waals surface area contributed by atoms with Crippen LogP contribution in [0, 0.1) is 5.92 Å². The fourth-order valence-electron chi connectivity index (χ4n) is 4.16. The lowest BCUT2D eigenvalue weighted by molar-refractivity contribution is 0.0344. The highest BCUT2D eigenvalue weighted by atomic mass is 32.2. The van der Waals surface area contributed by atoms with E-state index in [-0.39, 0.29) is 41.5 Å². The number of methoxy groups -OCH3 is 1. The molecule has 3 rings (SSSR count). The number of benzene rings is 2. The third kappa shape index (κ3) is 6.87. The first kappa shape index (κ1) is 26.8. The number of carbonyl (C=O) groups is 1. The lowest BCUT2D eigenvalue weighted by atomic mass is 9.99. The van der Waals surface area contributed by atoms with Gasteiger partial charge in [-0.3, -0.25) is 14.4 Å². The summed E-state index contributed by atoms with van der Waals surface area (Å²) in [6, 6.07) is 12.3. The SMILES string of the molecule is COc1ccc(CN(C)C[C@H]2Oc3c(NS(C)(=O)=O)cccc3C(=O)N([C@H](C)CO)C[C@H]2C)cc1. The van der Waals surface area contributed by atoms with Gasteiger partial charge in [-0.15, -0.1) is 0 Å². The Balaban J connectivity index is 1.94. The third-order valence-electron chi connectivity index (χ3n) is 6.09. The van der Waals surface area contributed by atoms with Crippen LogP contribution >= 0.6 is 0 Å². The molecule has 0 spiro atoms. The first-order valence-electron chi connectivity index (χ1n) is 11.5. The zero-order chi connectivity index (χ0) is 25.8. The minimum absolute atomic E-state index is 0.0919. The molecule has 35 heavy (non-hydrogen) atoms. The molecule has 0 saturated heterocycles. The molecule has 0 saturated carbocycles. The number of carbonyl (C=O) groups excluding carboxylic acids is 1. The Hall–Kier alpha value is -2.82. The molecule has 0 fully saturated rings. The maximum Gasteiger partial charge on any atom is 0.258 e. The molecule has 1 aliphatic rings. The molecular weight excluding hydrogens is 470 g/mol. The summed E-state index contributed by atoms with van der Waals surface area (Å²) in [5.41, 5.74) is 1.58. The predicted molar refractivity (Wildman–Crippen MR) is 135 cm³/mol. The molecule has 2 aromatic carbocycles. The number of sulfonamides is 1. The maximum absolute atomic E-state index is 13.4. The Labute approximate surface area is 207 Å². The molecule has 0 aromatic heterocycles. The van der Waals surface area contributed by atoms with Crippen LogP contribution in [0.5, 0.6) is 11.5 Å². The highest BCUT2D eigenvalue weighted by Gasteiger charge is 2.34. The highest BCUT2D eigenvalue weighted by Crippen LogP contribution is 2.35. The molecule has 2 N–H and O–H groups in total. The Bertz CT molecular complexity index is 1120. The molecule has 3 atom stereocenters. The van der Waals surface area contributed by atoms with E-state index >= 15 is 0 Å². The summed E-state index contributed by atoms with van der Waals surface area (Å²) in [7, 11) is 0.0161. The molecular formula is C25H35N3O6S. The number of hydrogen-bond acceptors (Lipinski definition) is 7. The largest absolute Gasteiger partial charge is 0.497 e. The number of amides is 1. The molecule has 0 bridgehead atoms. The minimum atomic E-state index is -3.60. The van der Waals surface area contributed by atoms with Gasteiger partial charge in [-0.05, 0) is 43.8 Å². The van der Waals surface area contributed by atoms with E-state index < -0.39 is 16.1 Å². The van der Waals surface area contributed by atoms with Crippen molar-refractivity contribution in [1.29, 1.82) is 0 Å². The summed E-state index contributed by atoms with van der Waals surface area (Å²) in [4.78, 5) is 17.2. The fraction of sp³-hybridized carbons (Fsp3) is 0.480. The normalized spacial score (nSPS) is 19.4. The van der Waals surface area contributed by atoms with E-state index in [2.05, 4.69) is 9.62 Å². The van der Waals surface area contributed by atoms with Crippen LogP contribution in [0.1, 0.15) is 29.8 Å². The summed E-state index contributed by atoms with van der Waals surface area (Å²) in [6.45, 7) is 5.20. The Kier molecular flexibility index (Phi) is 8.63. The van der Waals surface area contributed by atoms with Crippen LogP contribution in [0.2, 0.25) is 0 Å². The quantitative estimate of drug-likeness (QED) is 0.539. The van der Waals surface area contributed by atoms with Crippen LogP contribution in [-0.2, 0) is 16.6 Å². The first-order chi connectivity index (χ1) is 16.5. The second kappa shape index (κ2) is 11.3. The molecule has 9 nitrogen and oxygen atoms in total. The van der Waals surface area contributed by atoms with E-state index in [4.69, 9.17) is 9.47 Å². The zero-order valence-corrected chi connectivity index (χ0v) is 21.7. The van der Waals surface area contributed by atoms with Gasteiger partial charge < -0.3 is 19.5 Å². The van der Waals surface area contributed by atoms with Gasteiger partial charge in [-0.1, -0.05) is 25.1 Å². The van der Waals surface area contributed by atoms with E-state index in [0.29, 0.717) is 19.6 Å². The molecule has 192 valence electrons. The van der Waals surface area contributed by atoms with Gasteiger partial charge in [-0.25, -0.2) is 8.42 Å². The van der Waals surface area contributed by atoms with Crippen LogP contribution in [0.25, 0.3) is 0 Å². The van der Waals surface area contributed by atoms with Crippen molar-refractivity contribution in [2.24, 2.45) is 5.92 Å². The smallest absolute Gasteiger partial charge is 0.258 e. The fourth-order valence-corrected chi connectivity index (χ4v) is 4.72. The van der Waals surface area contributed by atoms with Crippen LogP contribution in [-0.4, -0.2) is 81.5 Å². The Morgan fingerprint density at radius 3 is 2.54 bits per heavy atom. The zero-order valence-electron chi connectivity index (χ0n) is 20.9. The number of likely N-dealkylation sites (N-methyl/N-ethyl adjacent to an activating group) is 1. The number of ether oxygens (including phenoxy) is 2. The van der Waals surface area contributed by atoms with Crippen molar-refractivity contribution < 1.29 is 27.8 Å². The number of anilines is 1. The summed E-state index contributed by atoms with van der Waals surface area (Å²) in [6.07, 6.45) is 0.709. The van der Waals surface area contributed by atoms with Crippen molar-refractivity contribution in [2.45, 2.75) is 32.5 Å². The number of aliphatic hydroxyl groups is 1. The van der Waals surface area contributed by atoms with E-state index in [0.717, 1.165) is 17.6 Å². The molecule has 10 heteroatoms.